The highest BCUT2D eigenvalue weighted by Crippen LogP contribution is 2.38. The van der Waals surface area contributed by atoms with Crippen molar-refractivity contribution in [2.45, 2.75) is 25.9 Å². The molecule has 0 aliphatic carbocycles. The van der Waals surface area contributed by atoms with Gasteiger partial charge in [-0.2, -0.15) is 18.2 Å². The standard InChI is InChI=1S/C16H16ClF3N2O3/c1-2-24-14(23)9-3-5-22(6-4-9)15-21-12-8-11(17)10(16(18,19)20)7-13(12)25-15/h7-9H,2-6H2,1H3. The first-order chi connectivity index (χ1) is 11.8. The molecular formula is C16H16ClF3N2O3. The lowest BCUT2D eigenvalue weighted by Crippen LogP contribution is -2.37. The number of esters is 1. The van der Waals surface area contributed by atoms with E-state index in [1.807, 2.05) is 0 Å². The van der Waals surface area contributed by atoms with E-state index in [0.717, 1.165) is 12.1 Å². The first kappa shape index (κ1) is 17.8. The summed E-state index contributed by atoms with van der Waals surface area (Å²) in [4.78, 5) is 17.8. The number of piperidine rings is 1. The average Bonchev–Trinajstić information content (AvgIpc) is 2.96. The minimum absolute atomic E-state index is 0.0271. The molecule has 0 unspecified atom stereocenters. The topological polar surface area (TPSA) is 55.6 Å². The molecule has 0 amide bonds. The van der Waals surface area contributed by atoms with E-state index in [4.69, 9.17) is 20.8 Å². The summed E-state index contributed by atoms with van der Waals surface area (Å²) in [6.45, 7) is 3.12. The van der Waals surface area contributed by atoms with E-state index in [0.29, 0.717) is 32.5 Å². The monoisotopic (exact) mass is 376 g/mol. The minimum atomic E-state index is -4.56. The second-order valence-corrected chi connectivity index (χ2v) is 6.21. The Balaban J connectivity index is 1.78. The molecule has 0 spiro atoms. The van der Waals surface area contributed by atoms with E-state index in [9.17, 15) is 18.0 Å². The largest absolute Gasteiger partial charge is 0.466 e. The summed E-state index contributed by atoms with van der Waals surface area (Å²) >= 11 is 5.70. The summed E-state index contributed by atoms with van der Waals surface area (Å²) in [5, 5.41) is -0.416. The molecule has 2 heterocycles. The number of hydrogen-bond acceptors (Lipinski definition) is 5. The van der Waals surface area contributed by atoms with Crippen molar-refractivity contribution in [1.82, 2.24) is 4.98 Å². The van der Waals surface area contributed by atoms with Crippen LogP contribution < -0.4 is 4.90 Å². The molecule has 136 valence electrons. The van der Waals surface area contributed by atoms with Crippen molar-refractivity contribution in [3.05, 3.63) is 22.7 Å². The van der Waals surface area contributed by atoms with Crippen molar-refractivity contribution < 1.29 is 27.1 Å². The van der Waals surface area contributed by atoms with Gasteiger partial charge in [-0.25, -0.2) is 0 Å². The molecule has 0 bridgehead atoms. The maximum absolute atomic E-state index is 12.9. The van der Waals surface area contributed by atoms with Gasteiger partial charge in [0.15, 0.2) is 5.58 Å². The first-order valence-electron chi connectivity index (χ1n) is 7.88. The molecule has 9 heteroatoms. The molecule has 2 aromatic rings. The zero-order chi connectivity index (χ0) is 18.2. The maximum atomic E-state index is 12.9. The Morgan fingerprint density at radius 1 is 1.40 bits per heavy atom. The predicted octanol–water partition coefficient (Wildman–Crippen LogP) is 4.28. The van der Waals surface area contributed by atoms with Crippen molar-refractivity contribution in [2.24, 2.45) is 5.92 Å². The van der Waals surface area contributed by atoms with Crippen LogP contribution >= 0.6 is 11.6 Å². The van der Waals surface area contributed by atoms with Crippen LogP contribution in [0, 0.1) is 5.92 Å². The summed E-state index contributed by atoms with van der Waals surface area (Å²) in [5.41, 5.74) is -0.662. The Kier molecular flexibility index (Phi) is 4.81. The van der Waals surface area contributed by atoms with Gasteiger partial charge in [-0.15, -0.1) is 0 Å². The number of oxazole rings is 1. The van der Waals surface area contributed by atoms with Crippen LogP contribution in [-0.4, -0.2) is 30.6 Å². The van der Waals surface area contributed by atoms with E-state index >= 15 is 0 Å². The molecular weight excluding hydrogens is 361 g/mol. The Labute approximate surface area is 146 Å². The summed E-state index contributed by atoms with van der Waals surface area (Å²) in [6, 6.07) is 2.24. The summed E-state index contributed by atoms with van der Waals surface area (Å²) in [5.74, 6) is -0.395. The van der Waals surface area contributed by atoms with E-state index in [1.165, 1.54) is 0 Å². The molecule has 5 nitrogen and oxygen atoms in total. The predicted molar refractivity (Wildman–Crippen MR) is 85.6 cm³/mol. The normalized spacial score (nSPS) is 16.4. The fourth-order valence-corrected chi connectivity index (χ4v) is 3.12. The number of alkyl halides is 3. The molecule has 1 fully saturated rings. The van der Waals surface area contributed by atoms with Crippen LogP contribution in [0.3, 0.4) is 0 Å². The summed E-state index contributed by atoms with van der Waals surface area (Å²) < 4.78 is 49.2. The second-order valence-electron chi connectivity index (χ2n) is 5.81. The number of hydrogen-bond donors (Lipinski definition) is 0. The quantitative estimate of drug-likeness (QED) is 0.748. The highest BCUT2D eigenvalue weighted by Gasteiger charge is 2.34. The third-order valence-electron chi connectivity index (χ3n) is 4.16. The molecule has 0 radical (unpaired) electrons. The third kappa shape index (κ3) is 3.68. The fourth-order valence-electron chi connectivity index (χ4n) is 2.86. The average molecular weight is 377 g/mol. The van der Waals surface area contributed by atoms with Crippen molar-refractivity contribution >= 4 is 34.7 Å². The van der Waals surface area contributed by atoms with Gasteiger partial charge in [0.2, 0.25) is 0 Å². The minimum Gasteiger partial charge on any atom is -0.466 e. The molecule has 1 aromatic carbocycles. The molecule has 1 aromatic heterocycles. The Morgan fingerprint density at radius 2 is 2.08 bits per heavy atom. The lowest BCUT2D eigenvalue weighted by molar-refractivity contribution is -0.148. The van der Waals surface area contributed by atoms with E-state index < -0.39 is 16.8 Å². The highest BCUT2D eigenvalue weighted by atomic mass is 35.5. The maximum Gasteiger partial charge on any atom is 0.417 e. The number of nitrogens with zero attached hydrogens (tertiary/aromatic N) is 2. The number of benzene rings is 1. The molecule has 1 aliphatic rings. The van der Waals surface area contributed by atoms with Gasteiger partial charge in [-0.05, 0) is 31.9 Å². The van der Waals surface area contributed by atoms with Gasteiger partial charge in [0.05, 0.1) is 23.1 Å². The second kappa shape index (κ2) is 6.74. The van der Waals surface area contributed by atoms with Gasteiger partial charge in [-0.1, -0.05) is 11.6 Å². The van der Waals surface area contributed by atoms with E-state index in [2.05, 4.69) is 4.98 Å². The van der Waals surface area contributed by atoms with Crippen molar-refractivity contribution in [3.63, 3.8) is 0 Å². The zero-order valence-corrected chi connectivity index (χ0v) is 14.2. The van der Waals surface area contributed by atoms with Crippen molar-refractivity contribution in [2.75, 3.05) is 24.6 Å². The number of anilines is 1. The highest BCUT2D eigenvalue weighted by molar-refractivity contribution is 6.32. The van der Waals surface area contributed by atoms with Crippen molar-refractivity contribution in [1.29, 1.82) is 0 Å². The van der Waals surface area contributed by atoms with Gasteiger partial charge in [-0.3, -0.25) is 4.79 Å². The van der Waals surface area contributed by atoms with Crippen LogP contribution in [0.1, 0.15) is 25.3 Å². The third-order valence-corrected chi connectivity index (χ3v) is 4.47. The smallest absolute Gasteiger partial charge is 0.417 e. The SMILES string of the molecule is CCOC(=O)C1CCN(c2nc3cc(Cl)c(C(F)(F)F)cc3o2)CC1. The van der Waals surface area contributed by atoms with Crippen molar-refractivity contribution in [3.8, 4) is 0 Å². The van der Waals surface area contributed by atoms with Gasteiger partial charge in [0, 0.05) is 13.1 Å². The lowest BCUT2D eigenvalue weighted by Gasteiger charge is -2.29. The van der Waals surface area contributed by atoms with Crippen LogP contribution in [0.4, 0.5) is 19.2 Å². The van der Waals surface area contributed by atoms with Gasteiger partial charge < -0.3 is 14.1 Å². The van der Waals surface area contributed by atoms with E-state index in [-0.39, 0.29) is 29.0 Å². The first-order valence-corrected chi connectivity index (χ1v) is 8.26. The van der Waals surface area contributed by atoms with Gasteiger partial charge in [0.1, 0.15) is 5.52 Å². The number of ether oxygens (including phenoxy) is 1. The molecule has 25 heavy (non-hydrogen) atoms. The fraction of sp³-hybridized carbons (Fsp3) is 0.500. The van der Waals surface area contributed by atoms with Crippen LogP contribution in [-0.2, 0) is 15.7 Å². The number of aromatic nitrogens is 1. The van der Waals surface area contributed by atoms with Crippen LogP contribution in [0.5, 0.6) is 0 Å². The molecule has 0 atom stereocenters. The molecule has 0 saturated carbocycles. The van der Waals surface area contributed by atoms with Gasteiger partial charge >= 0.3 is 12.1 Å². The van der Waals surface area contributed by atoms with Crippen LogP contribution in [0.2, 0.25) is 5.02 Å². The summed E-state index contributed by atoms with van der Waals surface area (Å²) in [7, 11) is 0. The molecule has 1 aliphatic heterocycles. The Hall–Kier alpha value is -1.96. The molecule has 3 rings (SSSR count). The number of carbonyl (C=O) groups excluding carboxylic acids is 1. The number of halogens is 4. The molecule has 0 N–H and O–H groups in total. The molecule has 1 saturated heterocycles. The number of carbonyl (C=O) groups is 1. The lowest BCUT2D eigenvalue weighted by atomic mass is 9.97. The Bertz CT molecular complexity index is 783. The van der Waals surface area contributed by atoms with Gasteiger partial charge in [0.25, 0.3) is 6.01 Å². The number of fused-ring (bicyclic) bond motifs is 1. The summed E-state index contributed by atoms with van der Waals surface area (Å²) in [6.07, 6.45) is -3.41. The van der Waals surface area contributed by atoms with E-state index in [1.54, 1.807) is 11.8 Å². The number of rotatable bonds is 3. The van der Waals surface area contributed by atoms with Crippen LogP contribution in [0.25, 0.3) is 11.1 Å². The zero-order valence-electron chi connectivity index (χ0n) is 13.4. The Morgan fingerprint density at radius 3 is 2.68 bits per heavy atom. The van der Waals surface area contributed by atoms with Crippen LogP contribution in [0.15, 0.2) is 16.5 Å².